The maximum absolute atomic E-state index is 12.3. The first-order valence-electron chi connectivity index (χ1n) is 9.70. The molecule has 0 radical (unpaired) electrons. The Morgan fingerprint density at radius 2 is 1.47 bits per heavy atom. The van der Waals surface area contributed by atoms with Crippen molar-refractivity contribution in [3.8, 4) is 11.5 Å². The second-order valence-corrected chi connectivity index (χ2v) is 6.59. The Balaban J connectivity index is 1.60. The van der Waals surface area contributed by atoms with E-state index < -0.39 is 5.91 Å². The highest BCUT2D eigenvalue weighted by Crippen LogP contribution is 2.36. The summed E-state index contributed by atoms with van der Waals surface area (Å²) in [7, 11) is 2.86. The largest absolute Gasteiger partial charge is 0.494 e. The fourth-order valence-electron chi connectivity index (χ4n) is 2.81. The molecule has 2 heterocycles. The molecule has 1 aromatic carbocycles. The number of nitrogens with one attached hydrogen (secondary N) is 3. The number of rotatable bonds is 10. The minimum Gasteiger partial charge on any atom is -0.494 e. The summed E-state index contributed by atoms with van der Waals surface area (Å²) < 4.78 is 20.9. The third-order valence-corrected chi connectivity index (χ3v) is 4.41. The summed E-state index contributed by atoms with van der Waals surface area (Å²) in [4.78, 5) is 36.6. The maximum Gasteiger partial charge on any atom is 0.291 e. The number of benzene rings is 1. The SMILES string of the molecule is COc1cc(NC(=O)c2ccco2)c(OC)cc1NC(=O)CCC(=O)NCc1ccco1. The summed E-state index contributed by atoms with van der Waals surface area (Å²) >= 11 is 0. The molecule has 0 aliphatic rings. The monoisotopic (exact) mass is 441 g/mol. The summed E-state index contributed by atoms with van der Waals surface area (Å²) in [5, 5.41) is 8.05. The topological polar surface area (TPSA) is 132 Å². The van der Waals surface area contributed by atoms with E-state index in [0.717, 1.165) is 0 Å². The molecule has 0 spiro atoms. The molecule has 0 unspecified atom stereocenters. The smallest absolute Gasteiger partial charge is 0.291 e. The first-order chi connectivity index (χ1) is 15.5. The van der Waals surface area contributed by atoms with Crippen LogP contribution >= 0.6 is 0 Å². The lowest BCUT2D eigenvalue weighted by atomic mass is 10.2. The van der Waals surface area contributed by atoms with Gasteiger partial charge in [0.2, 0.25) is 11.8 Å². The van der Waals surface area contributed by atoms with Gasteiger partial charge < -0.3 is 34.3 Å². The highest BCUT2D eigenvalue weighted by atomic mass is 16.5. The van der Waals surface area contributed by atoms with E-state index in [1.807, 2.05) is 0 Å². The number of hydrogen-bond donors (Lipinski definition) is 3. The van der Waals surface area contributed by atoms with Crippen molar-refractivity contribution < 1.29 is 32.7 Å². The summed E-state index contributed by atoms with van der Waals surface area (Å²) in [6.45, 7) is 0.254. The van der Waals surface area contributed by atoms with Gasteiger partial charge in [0.15, 0.2) is 5.76 Å². The first kappa shape index (κ1) is 22.5. The van der Waals surface area contributed by atoms with Gasteiger partial charge in [-0.15, -0.1) is 0 Å². The highest BCUT2D eigenvalue weighted by Gasteiger charge is 2.17. The average molecular weight is 441 g/mol. The number of hydrogen-bond acceptors (Lipinski definition) is 7. The number of ether oxygens (including phenoxy) is 2. The van der Waals surface area contributed by atoms with E-state index in [0.29, 0.717) is 28.6 Å². The van der Waals surface area contributed by atoms with Crippen molar-refractivity contribution in [2.24, 2.45) is 0 Å². The number of furan rings is 2. The van der Waals surface area contributed by atoms with Crippen molar-refractivity contribution in [1.29, 1.82) is 0 Å². The zero-order valence-electron chi connectivity index (χ0n) is 17.6. The van der Waals surface area contributed by atoms with Crippen LogP contribution in [0.4, 0.5) is 11.4 Å². The fraction of sp³-hybridized carbons (Fsp3) is 0.227. The van der Waals surface area contributed by atoms with E-state index in [-0.39, 0.29) is 37.0 Å². The first-order valence-corrected chi connectivity index (χ1v) is 9.70. The minimum atomic E-state index is -0.465. The predicted octanol–water partition coefficient (Wildman–Crippen LogP) is 3.18. The molecule has 10 nitrogen and oxygen atoms in total. The molecule has 0 saturated carbocycles. The second-order valence-electron chi connectivity index (χ2n) is 6.59. The Hall–Kier alpha value is -4.21. The zero-order chi connectivity index (χ0) is 22.9. The lowest BCUT2D eigenvalue weighted by Gasteiger charge is -2.16. The van der Waals surface area contributed by atoms with Crippen LogP contribution in [0.1, 0.15) is 29.2 Å². The maximum atomic E-state index is 12.3. The third-order valence-electron chi connectivity index (χ3n) is 4.41. The Bertz CT molecular complexity index is 1060. The summed E-state index contributed by atoms with van der Waals surface area (Å²) in [6, 6.07) is 9.63. The molecule has 0 saturated heterocycles. The number of anilines is 2. The van der Waals surface area contributed by atoms with Crippen LogP contribution in [0.5, 0.6) is 11.5 Å². The molecule has 0 atom stereocenters. The van der Waals surface area contributed by atoms with E-state index in [4.69, 9.17) is 18.3 Å². The van der Waals surface area contributed by atoms with Crippen molar-refractivity contribution in [3.63, 3.8) is 0 Å². The van der Waals surface area contributed by atoms with Crippen LogP contribution in [0.2, 0.25) is 0 Å². The molecule has 0 aliphatic heterocycles. The molecule has 0 bridgehead atoms. The quantitative estimate of drug-likeness (QED) is 0.440. The number of carbonyl (C=O) groups is 3. The van der Waals surface area contributed by atoms with Crippen LogP contribution in [0.15, 0.2) is 57.8 Å². The van der Waals surface area contributed by atoms with Gasteiger partial charge in [0, 0.05) is 25.0 Å². The molecule has 0 aliphatic carbocycles. The van der Waals surface area contributed by atoms with Crippen molar-refractivity contribution in [2.45, 2.75) is 19.4 Å². The standard InChI is InChI=1S/C22H23N3O7/c1-29-18-12-16(25-22(28)17-6-4-10-32-17)19(30-2)11-15(18)24-21(27)8-7-20(26)23-13-14-5-3-9-31-14/h3-6,9-12H,7-8,13H2,1-2H3,(H,23,26)(H,24,27)(H,25,28). The van der Waals surface area contributed by atoms with E-state index in [1.54, 1.807) is 18.2 Å². The molecule has 3 aromatic rings. The van der Waals surface area contributed by atoms with E-state index in [2.05, 4.69) is 16.0 Å². The molecule has 10 heteroatoms. The summed E-state index contributed by atoms with van der Waals surface area (Å²) in [5.74, 6) is 0.233. The van der Waals surface area contributed by atoms with E-state index >= 15 is 0 Å². The summed E-state index contributed by atoms with van der Waals surface area (Å²) in [5.41, 5.74) is 0.669. The molecule has 168 valence electrons. The van der Waals surface area contributed by atoms with Gasteiger partial charge >= 0.3 is 0 Å². The Kier molecular flexibility index (Phi) is 7.52. The molecule has 3 amide bonds. The molecule has 32 heavy (non-hydrogen) atoms. The molecule has 0 fully saturated rings. The minimum absolute atomic E-state index is 0.00325. The highest BCUT2D eigenvalue weighted by molar-refractivity contribution is 6.04. The van der Waals surface area contributed by atoms with Gasteiger partial charge in [0.1, 0.15) is 17.3 Å². The van der Waals surface area contributed by atoms with Gasteiger partial charge in [-0.25, -0.2) is 0 Å². The Morgan fingerprint density at radius 1 is 0.844 bits per heavy atom. The van der Waals surface area contributed by atoms with Crippen molar-refractivity contribution in [1.82, 2.24) is 5.32 Å². The number of carbonyl (C=O) groups excluding carboxylic acids is 3. The van der Waals surface area contributed by atoms with Crippen molar-refractivity contribution in [3.05, 3.63) is 60.4 Å². The Morgan fingerprint density at radius 3 is 2.06 bits per heavy atom. The lowest BCUT2D eigenvalue weighted by Crippen LogP contribution is -2.24. The Labute approximate surface area is 183 Å². The number of methoxy groups -OCH3 is 2. The van der Waals surface area contributed by atoms with Gasteiger partial charge in [0.05, 0.1) is 44.7 Å². The van der Waals surface area contributed by atoms with Gasteiger partial charge in [0.25, 0.3) is 5.91 Å². The van der Waals surface area contributed by atoms with Gasteiger partial charge in [-0.05, 0) is 24.3 Å². The van der Waals surface area contributed by atoms with E-state index in [1.165, 1.54) is 44.9 Å². The molecule has 2 aromatic heterocycles. The van der Waals surface area contributed by atoms with E-state index in [9.17, 15) is 14.4 Å². The van der Waals surface area contributed by atoms with Crippen molar-refractivity contribution >= 4 is 29.1 Å². The van der Waals surface area contributed by atoms with Gasteiger partial charge in [-0.2, -0.15) is 0 Å². The van der Waals surface area contributed by atoms with Gasteiger partial charge in [-0.3, -0.25) is 14.4 Å². The van der Waals surface area contributed by atoms with Gasteiger partial charge in [-0.1, -0.05) is 0 Å². The van der Waals surface area contributed by atoms with Crippen LogP contribution < -0.4 is 25.4 Å². The van der Waals surface area contributed by atoms with Crippen LogP contribution in [0, 0.1) is 0 Å². The summed E-state index contributed by atoms with van der Waals surface area (Å²) in [6.07, 6.45) is 2.88. The zero-order valence-corrected chi connectivity index (χ0v) is 17.6. The van der Waals surface area contributed by atoms with Crippen LogP contribution in [-0.4, -0.2) is 31.9 Å². The number of amides is 3. The molecule has 3 N–H and O–H groups in total. The lowest BCUT2D eigenvalue weighted by molar-refractivity contribution is -0.124. The fourth-order valence-corrected chi connectivity index (χ4v) is 2.81. The molecule has 3 rings (SSSR count). The molecular weight excluding hydrogens is 418 g/mol. The van der Waals surface area contributed by atoms with Crippen molar-refractivity contribution in [2.75, 3.05) is 24.9 Å². The molecular formula is C22H23N3O7. The third kappa shape index (κ3) is 5.91. The normalized spacial score (nSPS) is 10.3. The predicted molar refractivity (Wildman–Crippen MR) is 115 cm³/mol. The van der Waals surface area contributed by atoms with Crippen LogP contribution in [0.25, 0.3) is 0 Å². The average Bonchev–Trinajstić information content (AvgIpc) is 3.51. The van der Waals surface area contributed by atoms with Crippen LogP contribution in [-0.2, 0) is 16.1 Å². The van der Waals surface area contributed by atoms with Crippen LogP contribution in [0.3, 0.4) is 0 Å². The second kappa shape index (κ2) is 10.7.